The van der Waals surface area contributed by atoms with Gasteiger partial charge in [-0.05, 0) is 64.3 Å². The molecule has 0 aliphatic carbocycles. The molecular formula is C30H35F3N6O4. The van der Waals surface area contributed by atoms with Crippen molar-refractivity contribution in [3.05, 3.63) is 71.3 Å². The monoisotopic (exact) mass is 600 g/mol. The van der Waals surface area contributed by atoms with Crippen LogP contribution >= 0.6 is 0 Å². The fourth-order valence-corrected chi connectivity index (χ4v) is 5.02. The molecule has 2 aromatic carbocycles. The minimum atomic E-state index is -4.40. The molecule has 4 aromatic rings. The maximum Gasteiger partial charge on any atom is 0.416 e. The Bertz CT molecular complexity index is 1580. The first-order valence-electron chi connectivity index (χ1n) is 13.6. The van der Waals surface area contributed by atoms with Crippen molar-refractivity contribution in [2.24, 2.45) is 7.05 Å². The molecule has 2 aromatic heterocycles. The summed E-state index contributed by atoms with van der Waals surface area (Å²) < 4.78 is 50.5. The van der Waals surface area contributed by atoms with E-state index in [4.69, 9.17) is 15.2 Å². The second kappa shape index (κ2) is 13.3. The van der Waals surface area contributed by atoms with E-state index < -0.39 is 17.7 Å². The third-order valence-corrected chi connectivity index (χ3v) is 6.91. The van der Waals surface area contributed by atoms with Crippen molar-refractivity contribution in [3.63, 3.8) is 0 Å². The summed E-state index contributed by atoms with van der Waals surface area (Å²) in [7, 11) is 6.63. The lowest BCUT2D eigenvalue weighted by atomic mass is 10.1. The number of ether oxygens (including phenoxy) is 2. The number of nitrogens with two attached hydrogens (primary N) is 1. The summed E-state index contributed by atoms with van der Waals surface area (Å²) in [4.78, 5) is 24.3. The molecular weight excluding hydrogens is 565 g/mol. The van der Waals surface area contributed by atoms with Crippen LogP contribution in [0.5, 0.6) is 17.4 Å². The lowest BCUT2D eigenvalue weighted by molar-refractivity contribution is -0.137. The van der Waals surface area contributed by atoms with Crippen molar-refractivity contribution >= 4 is 22.6 Å². The predicted molar refractivity (Wildman–Crippen MR) is 156 cm³/mol. The number of nitrogens with zero attached hydrogens (tertiary/aromatic N) is 5. The first-order valence-corrected chi connectivity index (χ1v) is 13.6. The Morgan fingerprint density at radius 2 is 1.86 bits per heavy atom. The van der Waals surface area contributed by atoms with Crippen molar-refractivity contribution in [2.45, 2.75) is 32.1 Å². The molecule has 5 rings (SSSR count). The summed E-state index contributed by atoms with van der Waals surface area (Å²) in [6.07, 6.45) is -0.266. The van der Waals surface area contributed by atoms with Crippen LogP contribution in [0.4, 0.5) is 18.9 Å². The topological polar surface area (TPSA) is 119 Å². The maximum absolute atomic E-state index is 12.6. The van der Waals surface area contributed by atoms with Crippen molar-refractivity contribution in [3.8, 4) is 17.4 Å². The van der Waals surface area contributed by atoms with Gasteiger partial charge in [-0.3, -0.25) is 4.90 Å². The molecule has 230 valence electrons. The number of carboxylic acids is 1. The van der Waals surface area contributed by atoms with Crippen LogP contribution in [0.25, 0.3) is 10.9 Å². The van der Waals surface area contributed by atoms with Gasteiger partial charge in [-0.15, -0.1) is 0 Å². The fraction of sp³-hybridized carbons (Fsp3) is 0.367. The molecule has 10 nitrogen and oxygen atoms in total. The summed E-state index contributed by atoms with van der Waals surface area (Å²) >= 11 is 0. The van der Waals surface area contributed by atoms with Crippen LogP contribution in [0.3, 0.4) is 0 Å². The third-order valence-electron chi connectivity index (χ3n) is 6.91. The van der Waals surface area contributed by atoms with Crippen LogP contribution in [0.1, 0.15) is 40.3 Å². The number of hydrogen-bond acceptors (Lipinski definition) is 8. The van der Waals surface area contributed by atoms with E-state index in [2.05, 4.69) is 14.9 Å². The van der Waals surface area contributed by atoms with E-state index in [1.807, 2.05) is 18.2 Å². The number of rotatable bonds is 8. The number of aromatic carboxylic acids is 1. The quantitative estimate of drug-likeness (QED) is 0.256. The number of alkyl halides is 3. The number of likely N-dealkylation sites (tertiary alicyclic amines) is 1. The van der Waals surface area contributed by atoms with Gasteiger partial charge in [-0.1, -0.05) is 12.1 Å². The molecule has 1 aliphatic rings. The van der Waals surface area contributed by atoms with Crippen LogP contribution in [-0.2, 0) is 26.3 Å². The minimum Gasteiger partial charge on any atom is -0.494 e. The Labute approximate surface area is 247 Å². The van der Waals surface area contributed by atoms with E-state index >= 15 is 0 Å². The van der Waals surface area contributed by atoms with E-state index in [0.717, 1.165) is 41.9 Å². The van der Waals surface area contributed by atoms with Gasteiger partial charge in [0.05, 0.1) is 30.4 Å². The average Bonchev–Trinajstić information content (AvgIpc) is 3.56. The molecule has 0 radical (unpaired) electrons. The molecule has 0 unspecified atom stereocenters. The molecule has 0 atom stereocenters. The number of carbonyl (C=O) groups is 1. The molecule has 1 saturated heterocycles. The van der Waals surface area contributed by atoms with Gasteiger partial charge in [-0.25, -0.2) is 9.78 Å². The number of hydrogen-bond donors (Lipinski definition) is 2. The molecule has 1 aliphatic heterocycles. The van der Waals surface area contributed by atoms with Gasteiger partial charge in [0.25, 0.3) is 0 Å². The van der Waals surface area contributed by atoms with E-state index in [0.29, 0.717) is 36.0 Å². The first-order chi connectivity index (χ1) is 20.4. The molecule has 13 heteroatoms. The van der Waals surface area contributed by atoms with Crippen molar-refractivity contribution in [2.75, 3.05) is 40.0 Å². The van der Waals surface area contributed by atoms with E-state index in [9.17, 15) is 23.1 Å². The molecule has 0 amide bonds. The number of carboxylic acid groups (broad SMARTS) is 1. The molecule has 0 saturated carbocycles. The number of nitrogen functional groups attached to an aromatic ring is 1. The first kappa shape index (κ1) is 31.6. The summed E-state index contributed by atoms with van der Waals surface area (Å²) in [5, 5.41) is 10.1. The van der Waals surface area contributed by atoms with Gasteiger partial charge in [0.1, 0.15) is 17.3 Å². The molecule has 43 heavy (non-hydrogen) atoms. The third kappa shape index (κ3) is 7.73. The number of fused-ring (bicyclic) bond motifs is 1. The van der Waals surface area contributed by atoms with E-state index in [1.165, 1.54) is 20.0 Å². The smallest absolute Gasteiger partial charge is 0.416 e. The average molecular weight is 601 g/mol. The summed E-state index contributed by atoms with van der Waals surface area (Å²) in [5.41, 5.74) is 6.17. The Morgan fingerprint density at radius 3 is 2.49 bits per heavy atom. The molecule has 3 heterocycles. The van der Waals surface area contributed by atoms with Crippen LogP contribution in [0.15, 0.2) is 48.7 Å². The highest BCUT2D eigenvalue weighted by Gasteiger charge is 2.32. The number of methoxy groups -OCH3 is 1. The number of halogens is 3. The zero-order valence-electron chi connectivity index (χ0n) is 24.5. The highest BCUT2D eigenvalue weighted by atomic mass is 19.4. The number of anilines is 1. The van der Waals surface area contributed by atoms with Crippen LogP contribution in [0, 0.1) is 0 Å². The Hall–Kier alpha value is -4.36. The van der Waals surface area contributed by atoms with Gasteiger partial charge in [0.2, 0.25) is 5.88 Å². The highest BCUT2D eigenvalue weighted by molar-refractivity contribution is 5.96. The second-order valence-corrected chi connectivity index (χ2v) is 10.5. The SMILES string of the molecule is COc1c(N)cc(C(F)(F)F)cc1CN(C)C.Cn1c(C(=O)O)cc2cccc(Oc3ccnc(CN4CCCC4)n3)c21. The molecule has 3 N–H and O–H groups in total. The largest absolute Gasteiger partial charge is 0.494 e. The number of aryl methyl sites for hydroxylation is 1. The molecule has 1 fully saturated rings. The lowest BCUT2D eigenvalue weighted by Gasteiger charge is -2.17. The minimum absolute atomic E-state index is 0.000764. The van der Waals surface area contributed by atoms with Gasteiger partial charge < -0.3 is 29.8 Å². The summed E-state index contributed by atoms with van der Waals surface area (Å²) in [6, 6.07) is 10.8. The number of para-hydroxylation sites is 1. The zero-order chi connectivity index (χ0) is 31.3. The Balaban J connectivity index is 0.000000217. The van der Waals surface area contributed by atoms with Crippen LogP contribution in [-0.4, -0.2) is 69.7 Å². The van der Waals surface area contributed by atoms with Gasteiger partial charge in [0, 0.05) is 36.8 Å². The summed E-state index contributed by atoms with van der Waals surface area (Å²) in [5.74, 6) is 1.09. The normalized spacial score (nSPS) is 13.7. The molecule has 0 bridgehead atoms. The van der Waals surface area contributed by atoms with Crippen molar-refractivity contribution < 1.29 is 32.5 Å². The predicted octanol–water partition coefficient (Wildman–Crippen LogP) is 5.41. The maximum atomic E-state index is 12.6. The van der Waals surface area contributed by atoms with Gasteiger partial charge in [0.15, 0.2) is 5.75 Å². The summed E-state index contributed by atoms with van der Waals surface area (Å²) in [6.45, 7) is 3.20. The molecule has 0 spiro atoms. The number of benzene rings is 2. The fourth-order valence-electron chi connectivity index (χ4n) is 5.02. The van der Waals surface area contributed by atoms with Gasteiger partial charge in [-0.2, -0.15) is 18.2 Å². The van der Waals surface area contributed by atoms with Crippen LogP contribution < -0.4 is 15.2 Å². The number of aromatic nitrogens is 3. The lowest BCUT2D eigenvalue weighted by Crippen LogP contribution is -2.20. The van der Waals surface area contributed by atoms with Crippen molar-refractivity contribution in [1.82, 2.24) is 24.3 Å². The second-order valence-electron chi connectivity index (χ2n) is 10.5. The van der Waals surface area contributed by atoms with E-state index in [-0.39, 0.29) is 11.4 Å². The van der Waals surface area contributed by atoms with Gasteiger partial charge >= 0.3 is 12.1 Å². The zero-order valence-corrected chi connectivity index (χ0v) is 24.5. The Kier molecular flexibility index (Phi) is 9.77. The standard InChI is InChI=1S/C19H20N4O3.C11H15F3N2O/c1-22-14(19(24)25)11-13-5-4-6-15(18(13)22)26-17-7-8-20-16(21-17)12-23-9-2-3-10-23;1-16(2)6-7-4-8(11(12,13)14)5-9(15)10(7)17-3/h4-8,11H,2-3,9-10,12H2,1H3,(H,24,25);4-5H,6,15H2,1-3H3. The van der Waals surface area contributed by atoms with Crippen molar-refractivity contribution in [1.29, 1.82) is 0 Å². The Morgan fingerprint density at radius 1 is 1.14 bits per heavy atom. The highest BCUT2D eigenvalue weighted by Crippen LogP contribution is 2.37. The van der Waals surface area contributed by atoms with E-state index in [1.54, 1.807) is 48.9 Å². The van der Waals surface area contributed by atoms with Crippen LogP contribution in [0.2, 0.25) is 0 Å².